The number of nitrogens with zero attached hydrogens (tertiary/aromatic N) is 7. The minimum atomic E-state index is -0.225. The van der Waals surface area contributed by atoms with E-state index in [9.17, 15) is 4.79 Å². The fraction of sp³-hybridized carbons (Fsp3) is 0.991. The van der Waals surface area contributed by atoms with Crippen LogP contribution in [0.25, 0.3) is 0 Å². The van der Waals surface area contributed by atoms with Crippen LogP contribution in [-0.2, 0) is 38.0 Å². The molecule has 2 atom stereocenters. The van der Waals surface area contributed by atoms with Crippen molar-refractivity contribution in [3.8, 4) is 0 Å². The van der Waals surface area contributed by atoms with Crippen molar-refractivity contribution < 1.29 is 38.0 Å². The number of likely N-dealkylation sites (tertiary alicyclic amines) is 2. The Morgan fingerprint density at radius 2 is 0.583 bits per heavy atom. The number of hydrogen-bond acceptors (Lipinski definition) is 25. The van der Waals surface area contributed by atoms with Gasteiger partial charge in [-0.05, 0) is 367 Å². The number of carbonyl (C=O) groups excluding carboxylic acids is 1. The number of hydrogen-bond donors (Lipinski definition) is 11. The van der Waals surface area contributed by atoms with Gasteiger partial charge in [-0.1, -0.05) is 67.2 Å². The van der Waals surface area contributed by atoms with Crippen molar-refractivity contribution in [2.45, 2.75) is 426 Å². The predicted octanol–water partition coefficient (Wildman–Crippen LogP) is 15.9. The molecule has 11 N–H and O–H groups in total. The van der Waals surface area contributed by atoms with E-state index < -0.39 is 0 Å². The quantitative estimate of drug-likeness (QED) is 0.0456. The Bertz CT molecular complexity index is 2620. The lowest BCUT2D eigenvalue weighted by atomic mass is 9.94. The van der Waals surface area contributed by atoms with Crippen LogP contribution in [0.1, 0.15) is 352 Å². The Morgan fingerprint density at radius 1 is 0.295 bits per heavy atom. The number of ether oxygens (including phenoxy) is 7. The van der Waals surface area contributed by atoms with Gasteiger partial charge >= 0.3 is 0 Å². The number of nitrogens with one attached hydrogen (secondary N) is 11. The molecule has 1 amide bonds. The second kappa shape index (κ2) is 72.1. The van der Waals surface area contributed by atoms with Crippen LogP contribution in [0.2, 0.25) is 0 Å². The normalized spacial score (nSPS) is 21.7. The lowest BCUT2D eigenvalue weighted by Crippen LogP contribution is -2.49. The SMILES string of the molecule is CC(C)(C)C(=O)N1CCNCC1.CC(C)(C)CN1CCOCC1.CC(C)(C)NC1CCNC1.CC(C)(C)NC1CCNC1.CC(C)(C)NCC1CCCC1.CC(C)(C)NCC1CCCC1.CC(C)(C)NCCN1CCCC1.CC(C)(C)NCCN1CCOCC1.CC(C)(C)OC1CCNCC1.CC(C)(C)OCCN1CCCC1.CC(C)(C)OCCN1CCNCC1.CC(C)(C)OCCN1CCOCC1. The summed E-state index contributed by atoms with van der Waals surface area (Å²) in [6.07, 6.45) is 22.5. The van der Waals surface area contributed by atoms with Crippen molar-refractivity contribution in [3.63, 3.8) is 0 Å². The number of morpholine rings is 3. The maximum absolute atomic E-state index is 11.7. The molecule has 12 rings (SSSR count). The van der Waals surface area contributed by atoms with Gasteiger partial charge in [-0.2, -0.15) is 0 Å². The molecule has 10 heterocycles. The summed E-state index contributed by atoms with van der Waals surface area (Å²) in [7, 11) is 0. The highest BCUT2D eigenvalue weighted by molar-refractivity contribution is 5.81. The fourth-order valence-electron chi connectivity index (χ4n) is 17.5. The first-order valence-corrected chi connectivity index (χ1v) is 56.4. The smallest absolute Gasteiger partial charge is 0.228 e. The summed E-state index contributed by atoms with van der Waals surface area (Å²) in [5.41, 5.74) is 1.95. The summed E-state index contributed by atoms with van der Waals surface area (Å²) < 4.78 is 38.6. The van der Waals surface area contributed by atoms with Gasteiger partial charge in [0, 0.05) is 208 Å². The molecule has 0 bridgehead atoms. The molecular weight excluding hydrogens is 1740 g/mol. The van der Waals surface area contributed by atoms with E-state index in [1.165, 1.54) is 155 Å². The van der Waals surface area contributed by atoms with Gasteiger partial charge in [-0.15, -0.1) is 0 Å². The van der Waals surface area contributed by atoms with Crippen molar-refractivity contribution in [1.82, 2.24) is 92.8 Å². The van der Waals surface area contributed by atoms with Crippen molar-refractivity contribution >= 4 is 5.91 Å². The molecule has 832 valence electrons. The Labute approximate surface area is 862 Å². The summed E-state index contributed by atoms with van der Waals surface area (Å²) in [4.78, 5) is 28.4. The lowest BCUT2D eigenvalue weighted by Gasteiger charge is -2.32. The Hall–Kier alpha value is -1.49. The third-order valence-electron chi connectivity index (χ3n) is 24.6. The van der Waals surface area contributed by atoms with Crippen LogP contribution in [0.4, 0.5) is 0 Å². The van der Waals surface area contributed by atoms with Gasteiger partial charge in [0.05, 0.1) is 88.0 Å². The molecule has 0 radical (unpaired) electrons. The van der Waals surface area contributed by atoms with Crippen LogP contribution >= 0.6 is 0 Å². The average molecular weight is 1980 g/mol. The molecular formula is C113H242N18O8. The van der Waals surface area contributed by atoms with E-state index in [-0.39, 0.29) is 55.9 Å². The highest BCUT2D eigenvalue weighted by Crippen LogP contribution is 2.27. The molecule has 0 aromatic carbocycles. The molecule has 26 nitrogen and oxygen atoms in total. The van der Waals surface area contributed by atoms with Crippen LogP contribution in [0, 0.1) is 22.7 Å². The first-order valence-electron chi connectivity index (χ1n) is 56.4. The van der Waals surface area contributed by atoms with E-state index in [4.69, 9.17) is 33.2 Å². The molecule has 10 aliphatic heterocycles. The van der Waals surface area contributed by atoms with Crippen LogP contribution in [0.3, 0.4) is 0 Å². The van der Waals surface area contributed by atoms with Crippen molar-refractivity contribution in [2.75, 3.05) is 282 Å². The molecule has 0 aromatic heterocycles. The molecule has 2 saturated carbocycles. The maximum Gasteiger partial charge on any atom is 0.228 e. The number of piperazine rings is 2. The second-order valence-corrected chi connectivity index (χ2v) is 53.5. The number of carbonyl (C=O) groups is 1. The summed E-state index contributed by atoms with van der Waals surface area (Å²) in [6, 6.07) is 1.39. The summed E-state index contributed by atoms with van der Waals surface area (Å²) >= 11 is 0. The molecule has 26 heteroatoms. The number of piperidine rings is 1. The molecule has 2 aliphatic carbocycles. The van der Waals surface area contributed by atoms with Crippen LogP contribution in [0.15, 0.2) is 0 Å². The van der Waals surface area contributed by atoms with Gasteiger partial charge in [0.2, 0.25) is 5.91 Å². The van der Waals surface area contributed by atoms with E-state index >= 15 is 0 Å². The second-order valence-electron chi connectivity index (χ2n) is 53.5. The van der Waals surface area contributed by atoms with Gasteiger partial charge in [0.25, 0.3) is 0 Å². The summed E-state index contributed by atoms with van der Waals surface area (Å²) in [6.45, 7) is 124. The largest absolute Gasteiger partial charge is 0.379 e. The lowest BCUT2D eigenvalue weighted by molar-refractivity contribution is -0.140. The molecule has 2 unspecified atom stereocenters. The molecule has 10 saturated heterocycles. The third-order valence-corrected chi connectivity index (χ3v) is 24.6. The zero-order valence-electron chi connectivity index (χ0n) is 99.0. The Kier molecular flexibility index (Phi) is 70.3. The zero-order valence-corrected chi connectivity index (χ0v) is 99.0. The summed E-state index contributed by atoms with van der Waals surface area (Å²) in [5, 5.41) is 37.8. The van der Waals surface area contributed by atoms with Gasteiger partial charge in [-0.3, -0.25) is 24.4 Å². The first kappa shape index (κ1) is 136. The van der Waals surface area contributed by atoms with Gasteiger partial charge < -0.3 is 106 Å². The number of amides is 1. The van der Waals surface area contributed by atoms with Crippen LogP contribution in [-0.4, -0.2) is 396 Å². The molecule has 12 aliphatic rings. The van der Waals surface area contributed by atoms with E-state index in [0.29, 0.717) is 34.7 Å². The van der Waals surface area contributed by atoms with Crippen molar-refractivity contribution in [3.05, 3.63) is 0 Å². The third kappa shape index (κ3) is 90.2. The maximum atomic E-state index is 11.7. The van der Waals surface area contributed by atoms with Crippen molar-refractivity contribution in [1.29, 1.82) is 0 Å². The first-order chi connectivity index (χ1) is 64.4. The zero-order chi connectivity index (χ0) is 105. The van der Waals surface area contributed by atoms with E-state index in [2.05, 4.69) is 316 Å². The standard InChI is InChI=1S/2C10H22N2O.C10H22N2.C10H21NO2.C10H21NO.2C10H21N.C9H18N2O.2C9H19NO.2C8H18N2/c1-10(2,3)13-9-8-12-6-4-11-5-7-12;1-10(2,3)11-4-5-12-6-8-13-9-7-12;1-10(2,3)11-6-9-12-7-4-5-8-12;1-10(2,3)13-9-6-11-4-7-12-8-5-11;1-10(2,3)12-9-8-11-6-4-5-7-11;2*1-10(2,3)11-8-9-6-4-5-7-9;1-9(2,3)8(12)11-6-4-10-5-7-11;1-9(2,3)8-10-4-6-11-7-5-10;1-9(2,3)11-8-4-6-10-7-5-8;2*1-8(2,3)10-7-4-5-9-6-7/h2*11H,4-9H2,1-3H3;11H,4-9H2,1-3H3;4-9H2,1-3H3;4-9H2,1-3H3;2*9,11H,4-8H2,1-3H3;10H,4-7H2,1-3H3;4-8H2,1-3H3;8,10H,4-7H2,1-3H3;2*7,9-10H,4-6H2,1-3H3. The van der Waals surface area contributed by atoms with Crippen LogP contribution < -0.4 is 58.5 Å². The van der Waals surface area contributed by atoms with E-state index in [1.807, 2.05) is 25.7 Å². The Morgan fingerprint density at radius 3 is 0.871 bits per heavy atom. The fourth-order valence-corrected chi connectivity index (χ4v) is 17.5. The minimum Gasteiger partial charge on any atom is -0.379 e. The van der Waals surface area contributed by atoms with Crippen LogP contribution in [0.5, 0.6) is 0 Å². The molecule has 139 heavy (non-hydrogen) atoms. The van der Waals surface area contributed by atoms with E-state index in [1.54, 1.807) is 0 Å². The summed E-state index contributed by atoms with van der Waals surface area (Å²) in [5.74, 6) is 2.20. The monoisotopic (exact) mass is 1980 g/mol. The topological polar surface area (TPSA) is 237 Å². The highest BCUT2D eigenvalue weighted by Gasteiger charge is 2.30. The average Bonchev–Trinajstić information content (AvgIpc) is 1.31. The molecule has 12 fully saturated rings. The van der Waals surface area contributed by atoms with Gasteiger partial charge in [0.15, 0.2) is 0 Å². The molecule has 0 aromatic rings. The van der Waals surface area contributed by atoms with Gasteiger partial charge in [-0.25, -0.2) is 0 Å². The minimum absolute atomic E-state index is 0.00765. The molecule has 0 spiro atoms. The number of rotatable bonds is 23. The van der Waals surface area contributed by atoms with Gasteiger partial charge in [0.1, 0.15) is 0 Å². The van der Waals surface area contributed by atoms with E-state index in [0.717, 1.165) is 241 Å². The predicted molar refractivity (Wildman–Crippen MR) is 598 cm³/mol. The Balaban J connectivity index is 0.000000759. The van der Waals surface area contributed by atoms with Crippen molar-refractivity contribution in [2.24, 2.45) is 22.7 Å². The highest BCUT2D eigenvalue weighted by atomic mass is 16.5.